The van der Waals surface area contributed by atoms with Crippen LogP contribution in [-0.2, 0) is 0 Å². The molecule has 0 aliphatic heterocycles. The second-order valence-electron chi connectivity index (χ2n) is 3.54. The number of rotatable bonds is 5. The SMILES string of the molecule is NC(CCC(F)(F)F)COc1ccccc1. The quantitative estimate of drug-likeness (QED) is 0.848. The lowest BCUT2D eigenvalue weighted by atomic mass is 10.2. The molecule has 0 saturated heterocycles. The molecular weight excluding hydrogens is 219 g/mol. The number of halogens is 3. The molecule has 0 radical (unpaired) electrons. The molecular formula is C11H14F3NO. The van der Waals surface area contributed by atoms with Gasteiger partial charge in [-0.2, -0.15) is 13.2 Å². The lowest BCUT2D eigenvalue weighted by Gasteiger charge is -2.14. The van der Waals surface area contributed by atoms with Gasteiger partial charge in [0.15, 0.2) is 0 Å². The number of benzene rings is 1. The molecule has 2 nitrogen and oxygen atoms in total. The third kappa shape index (κ3) is 5.60. The third-order valence-corrected chi connectivity index (χ3v) is 2.01. The van der Waals surface area contributed by atoms with Gasteiger partial charge < -0.3 is 10.5 Å². The Morgan fingerprint density at radius 2 is 1.81 bits per heavy atom. The lowest BCUT2D eigenvalue weighted by Crippen LogP contribution is -2.29. The zero-order chi connectivity index (χ0) is 12.0. The van der Waals surface area contributed by atoms with E-state index in [0.717, 1.165) is 0 Å². The van der Waals surface area contributed by atoms with E-state index >= 15 is 0 Å². The normalized spacial score (nSPS) is 13.5. The first kappa shape index (κ1) is 12.8. The van der Waals surface area contributed by atoms with Crippen molar-refractivity contribution < 1.29 is 17.9 Å². The highest BCUT2D eigenvalue weighted by Gasteiger charge is 2.27. The van der Waals surface area contributed by atoms with E-state index in [1.807, 2.05) is 6.07 Å². The van der Waals surface area contributed by atoms with Gasteiger partial charge in [0.05, 0.1) is 0 Å². The van der Waals surface area contributed by atoms with Gasteiger partial charge in [-0.15, -0.1) is 0 Å². The van der Waals surface area contributed by atoms with Gasteiger partial charge in [-0.25, -0.2) is 0 Å². The molecule has 16 heavy (non-hydrogen) atoms. The Kier molecular flexibility index (Phi) is 4.61. The molecule has 0 bridgehead atoms. The minimum absolute atomic E-state index is 0.0973. The first-order valence-corrected chi connectivity index (χ1v) is 4.97. The highest BCUT2D eigenvalue weighted by molar-refractivity contribution is 5.20. The van der Waals surface area contributed by atoms with Crippen LogP contribution in [0.5, 0.6) is 5.75 Å². The molecule has 0 saturated carbocycles. The molecule has 0 heterocycles. The van der Waals surface area contributed by atoms with Crippen molar-refractivity contribution in [2.45, 2.75) is 25.1 Å². The maximum atomic E-state index is 11.9. The van der Waals surface area contributed by atoms with Crippen molar-refractivity contribution in [2.24, 2.45) is 5.73 Å². The van der Waals surface area contributed by atoms with Gasteiger partial charge in [-0.3, -0.25) is 0 Å². The Bertz CT molecular complexity index is 300. The Balaban J connectivity index is 2.23. The Labute approximate surface area is 92.2 Å². The summed E-state index contributed by atoms with van der Waals surface area (Å²) in [5.74, 6) is 0.616. The summed E-state index contributed by atoms with van der Waals surface area (Å²) in [5.41, 5.74) is 5.50. The Hall–Kier alpha value is -1.23. The maximum Gasteiger partial charge on any atom is 0.389 e. The number of hydrogen-bond acceptors (Lipinski definition) is 2. The smallest absolute Gasteiger partial charge is 0.389 e. The molecule has 1 rings (SSSR count). The molecule has 1 atom stereocenters. The van der Waals surface area contributed by atoms with Crippen LogP contribution in [0.4, 0.5) is 13.2 Å². The molecule has 1 aromatic carbocycles. The molecule has 0 fully saturated rings. The highest BCUT2D eigenvalue weighted by Crippen LogP contribution is 2.22. The van der Waals surface area contributed by atoms with Gasteiger partial charge in [-0.1, -0.05) is 18.2 Å². The molecule has 0 amide bonds. The fourth-order valence-corrected chi connectivity index (χ4v) is 1.15. The summed E-state index contributed by atoms with van der Waals surface area (Å²) in [5, 5.41) is 0. The monoisotopic (exact) mass is 233 g/mol. The van der Waals surface area contributed by atoms with Gasteiger partial charge in [0.25, 0.3) is 0 Å². The summed E-state index contributed by atoms with van der Waals surface area (Å²) in [7, 11) is 0. The molecule has 0 aliphatic rings. The fraction of sp³-hybridized carbons (Fsp3) is 0.455. The summed E-state index contributed by atoms with van der Waals surface area (Å²) in [6.07, 6.45) is -5.13. The van der Waals surface area contributed by atoms with Crippen molar-refractivity contribution in [1.29, 1.82) is 0 Å². The summed E-state index contributed by atoms with van der Waals surface area (Å²) >= 11 is 0. The number of ether oxygens (including phenoxy) is 1. The summed E-state index contributed by atoms with van der Waals surface area (Å²) in [6, 6.07) is 8.28. The predicted molar refractivity (Wildman–Crippen MR) is 55.2 cm³/mol. The van der Waals surface area contributed by atoms with Crippen LogP contribution in [0, 0.1) is 0 Å². The second-order valence-corrected chi connectivity index (χ2v) is 3.54. The average molecular weight is 233 g/mol. The van der Waals surface area contributed by atoms with E-state index in [-0.39, 0.29) is 13.0 Å². The molecule has 1 aromatic rings. The summed E-state index contributed by atoms with van der Waals surface area (Å²) < 4.78 is 40.9. The molecule has 1 unspecified atom stereocenters. The van der Waals surface area contributed by atoms with E-state index < -0.39 is 18.6 Å². The minimum Gasteiger partial charge on any atom is -0.492 e. The van der Waals surface area contributed by atoms with Gasteiger partial charge >= 0.3 is 6.18 Å². The minimum atomic E-state index is -4.15. The van der Waals surface area contributed by atoms with Crippen LogP contribution in [0.15, 0.2) is 30.3 Å². The molecule has 5 heteroatoms. The van der Waals surface area contributed by atoms with Gasteiger partial charge in [0.2, 0.25) is 0 Å². The van der Waals surface area contributed by atoms with Gasteiger partial charge in [0, 0.05) is 12.5 Å². The van der Waals surface area contributed by atoms with Crippen molar-refractivity contribution in [3.8, 4) is 5.75 Å². The summed E-state index contributed by atoms with van der Waals surface area (Å²) in [6.45, 7) is 0.0973. The van der Waals surface area contributed by atoms with Crippen molar-refractivity contribution in [1.82, 2.24) is 0 Å². The van der Waals surface area contributed by atoms with Crippen molar-refractivity contribution >= 4 is 0 Å². The largest absolute Gasteiger partial charge is 0.492 e. The molecule has 0 aliphatic carbocycles. The first-order valence-electron chi connectivity index (χ1n) is 4.97. The van der Waals surface area contributed by atoms with E-state index in [0.29, 0.717) is 5.75 Å². The third-order valence-electron chi connectivity index (χ3n) is 2.01. The molecule has 90 valence electrons. The van der Waals surface area contributed by atoms with Crippen molar-refractivity contribution in [2.75, 3.05) is 6.61 Å². The van der Waals surface area contributed by atoms with Crippen LogP contribution in [0.3, 0.4) is 0 Å². The van der Waals surface area contributed by atoms with E-state index in [1.165, 1.54) is 0 Å². The van der Waals surface area contributed by atoms with Crippen LogP contribution >= 0.6 is 0 Å². The number of alkyl halides is 3. The van der Waals surface area contributed by atoms with Crippen LogP contribution in [0.1, 0.15) is 12.8 Å². The lowest BCUT2D eigenvalue weighted by molar-refractivity contribution is -0.136. The number of hydrogen-bond donors (Lipinski definition) is 1. The van der Waals surface area contributed by atoms with Crippen LogP contribution in [0.25, 0.3) is 0 Å². The van der Waals surface area contributed by atoms with Crippen LogP contribution in [0.2, 0.25) is 0 Å². The molecule has 0 aromatic heterocycles. The standard InChI is InChI=1S/C11H14F3NO/c12-11(13,14)7-6-9(15)8-16-10-4-2-1-3-5-10/h1-5,9H,6-8,15H2. The average Bonchev–Trinajstić information content (AvgIpc) is 2.24. The van der Waals surface area contributed by atoms with Gasteiger partial charge in [0.1, 0.15) is 12.4 Å². The van der Waals surface area contributed by atoms with Crippen LogP contribution < -0.4 is 10.5 Å². The van der Waals surface area contributed by atoms with E-state index in [2.05, 4.69) is 0 Å². The second kappa shape index (κ2) is 5.75. The van der Waals surface area contributed by atoms with E-state index in [9.17, 15) is 13.2 Å². The first-order chi connectivity index (χ1) is 7.47. The zero-order valence-corrected chi connectivity index (χ0v) is 8.70. The topological polar surface area (TPSA) is 35.2 Å². The summed E-state index contributed by atoms with van der Waals surface area (Å²) in [4.78, 5) is 0. The van der Waals surface area contributed by atoms with Crippen molar-refractivity contribution in [3.63, 3.8) is 0 Å². The van der Waals surface area contributed by atoms with Crippen molar-refractivity contribution in [3.05, 3.63) is 30.3 Å². The number of para-hydroxylation sites is 1. The Morgan fingerprint density at radius 3 is 2.38 bits per heavy atom. The van der Waals surface area contributed by atoms with E-state index in [4.69, 9.17) is 10.5 Å². The van der Waals surface area contributed by atoms with E-state index in [1.54, 1.807) is 24.3 Å². The maximum absolute atomic E-state index is 11.9. The predicted octanol–water partition coefficient (Wildman–Crippen LogP) is 2.74. The Morgan fingerprint density at radius 1 is 1.19 bits per heavy atom. The zero-order valence-electron chi connectivity index (χ0n) is 8.70. The highest BCUT2D eigenvalue weighted by atomic mass is 19.4. The molecule has 0 spiro atoms. The number of nitrogens with two attached hydrogens (primary N) is 1. The fourth-order valence-electron chi connectivity index (χ4n) is 1.15. The van der Waals surface area contributed by atoms with Crippen LogP contribution in [-0.4, -0.2) is 18.8 Å². The molecule has 2 N–H and O–H groups in total. The van der Waals surface area contributed by atoms with Gasteiger partial charge in [-0.05, 0) is 18.6 Å².